The van der Waals surface area contributed by atoms with E-state index in [0.717, 1.165) is 22.3 Å². The highest BCUT2D eigenvalue weighted by Gasteiger charge is 2.30. The van der Waals surface area contributed by atoms with E-state index in [1.165, 1.54) is 12.1 Å². The fourth-order valence-electron chi connectivity index (χ4n) is 4.00. The van der Waals surface area contributed by atoms with Crippen LogP contribution in [0.15, 0.2) is 60.7 Å². The minimum absolute atomic E-state index is 0.0138. The number of nitrogens with one attached hydrogen (secondary N) is 2. The molecule has 0 spiro atoms. The molecule has 0 bridgehead atoms. The topological polar surface area (TPSA) is 105 Å². The first-order chi connectivity index (χ1) is 16.7. The lowest BCUT2D eigenvalue weighted by atomic mass is 9.98. The second-order valence-corrected chi connectivity index (χ2v) is 9.08. The van der Waals surface area contributed by atoms with E-state index in [2.05, 4.69) is 10.6 Å². The van der Waals surface area contributed by atoms with E-state index in [9.17, 15) is 19.5 Å². The Labute approximate surface area is 215 Å². The maximum atomic E-state index is 12.7. The Kier molecular flexibility index (Phi) is 7.50. The third kappa shape index (κ3) is 5.53. The number of carbonyl (C=O) groups is 3. The van der Waals surface area contributed by atoms with Gasteiger partial charge < -0.3 is 20.5 Å². The van der Waals surface area contributed by atoms with Gasteiger partial charge in [0.15, 0.2) is 0 Å². The van der Waals surface area contributed by atoms with E-state index in [0.29, 0.717) is 0 Å². The number of amides is 2. The van der Waals surface area contributed by atoms with Crippen molar-refractivity contribution in [1.29, 1.82) is 0 Å². The molecule has 0 fully saturated rings. The maximum Gasteiger partial charge on any atom is 0.407 e. The summed E-state index contributed by atoms with van der Waals surface area (Å²) in [5.74, 6) is -2.28. The number of hydrogen-bond donors (Lipinski definition) is 3. The molecule has 2 amide bonds. The summed E-state index contributed by atoms with van der Waals surface area (Å²) in [5, 5.41) is 14.5. The number of ether oxygens (including phenoxy) is 1. The van der Waals surface area contributed by atoms with Gasteiger partial charge in [0.1, 0.15) is 12.6 Å². The van der Waals surface area contributed by atoms with E-state index < -0.39 is 30.4 Å². The van der Waals surface area contributed by atoms with E-state index >= 15 is 0 Å². The molecule has 0 saturated carbocycles. The molecule has 4 rings (SSSR count). The molecule has 10 heteroatoms. The molecule has 0 heterocycles. The first-order valence-corrected chi connectivity index (χ1v) is 11.7. The van der Waals surface area contributed by atoms with Crippen molar-refractivity contribution in [2.45, 2.75) is 18.4 Å². The van der Waals surface area contributed by atoms with Gasteiger partial charge >= 0.3 is 12.1 Å². The van der Waals surface area contributed by atoms with Crippen LogP contribution in [0.2, 0.25) is 15.1 Å². The Hall–Kier alpha value is -3.26. The van der Waals surface area contributed by atoms with Crippen LogP contribution in [-0.2, 0) is 14.3 Å². The van der Waals surface area contributed by atoms with E-state index in [-0.39, 0.29) is 33.3 Å². The Morgan fingerprint density at radius 1 is 0.886 bits per heavy atom. The molecule has 0 radical (unpaired) electrons. The zero-order valence-electron chi connectivity index (χ0n) is 18.1. The van der Waals surface area contributed by atoms with Gasteiger partial charge in [-0.1, -0.05) is 83.3 Å². The van der Waals surface area contributed by atoms with E-state index in [4.69, 9.17) is 39.5 Å². The lowest BCUT2D eigenvalue weighted by Crippen LogP contribution is -2.45. The normalized spacial score (nSPS) is 12.9. The average Bonchev–Trinajstić information content (AvgIpc) is 3.14. The molecule has 7 nitrogen and oxygen atoms in total. The van der Waals surface area contributed by atoms with Crippen molar-refractivity contribution in [1.82, 2.24) is 5.32 Å². The number of alkyl carbamates (subject to hydrolysis) is 1. The molecule has 0 aliphatic heterocycles. The zero-order valence-corrected chi connectivity index (χ0v) is 20.3. The number of halogens is 3. The zero-order chi connectivity index (χ0) is 25.1. The molecule has 0 aromatic heterocycles. The number of carboxylic acids is 1. The van der Waals surface area contributed by atoms with Crippen molar-refractivity contribution in [2.24, 2.45) is 0 Å². The number of benzene rings is 3. The van der Waals surface area contributed by atoms with Gasteiger partial charge in [-0.05, 0) is 34.4 Å². The standard InChI is InChI=1S/C25H19Cl3N2O5/c26-18-9-20(28)21(10-19(18)27)29-24(33)22(11-23(31)32)30-25(34)35-12-17-15-7-3-1-5-13(15)14-6-2-4-8-16(14)17/h1-10,17,22H,11-12H2,(H,29,33)(H,30,34)(H,31,32). The van der Waals surface area contributed by atoms with Crippen LogP contribution in [0.1, 0.15) is 23.5 Å². The van der Waals surface area contributed by atoms with E-state index in [1.54, 1.807) is 0 Å². The third-order valence-electron chi connectivity index (χ3n) is 5.60. The molecule has 1 atom stereocenters. The van der Waals surface area contributed by atoms with Crippen molar-refractivity contribution in [3.8, 4) is 11.1 Å². The summed E-state index contributed by atoms with van der Waals surface area (Å²) in [7, 11) is 0. The SMILES string of the molecule is O=C(O)CC(NC(=O)OCC1c2ccccc2-c2ccccc21)C(=O)Nc1cc(Cl)c(Cl)cc1Cl. The fourth-order valence-corrected chi connectivity index (χ4v) is 4.60. The van der Waals surface area contributed by atoms with Crippen LogP contribution >= 0.6 is 34.8 Å². The highest BCUT2D eigenvalue weighted by atomic mass is 35.5. The van der Waals surface area contributed by atoms with Crippen LogP contribution in [0.25, 0.3) is 11.1 Å². The largest absolute Gasteiger partial charge is 0.481 e. The molecule has 35 heavy (non-hydrogen) atoms. The Bertz CT molecular complexity index is 1270. The van der Waals surface area contributed by atoms with Crippen molar-refractivity contribution in [2.75, 3.05) is 11.9 Å². The molecule has 3 aromatic rings. The van der Waals surface area contributed by atoms with Gasteiger partial charge in [0.25, 0.3) is 0 Å². The predicted molar refractivity (Wildman–Crippen MR) is 134 cm³/mol. The summed E-state index contributed by atoms with van der Waals surface area (Å²) < 4.78 is 5.42. The van der Waals surface area contributed by atoms with E-state index in [1.807, 2.05) is 48.5 Å². The van der Waals surface area contributed by atoms with Gasteiger partial charge in [0.2, 0.25) is 5.91 Å². The lowest BCUT2D eigenvalue weighted by molar-refractivity contribution is -0.139. The van der Waals surface area contributed by atoms with Crippen LogP contribution in [0, 0.1) is 0 Å². The highest BCUT2D eigenvalue weighted by Crippen LogP contribution is 2.44. The molecule has 3 N–H and O–H groups in total. The summed E-state index contributed by atoms with van der Waals surface area (Å²) in [6, 6.07) is 16.9. The third-order valence-corrected chi connectivity index (χ3v) is 6.63. The maximum absolute atomic E-state index is 12.7. The molecule has 180 valence electrons. The number of fused-ring (bicyclic) bond motifs is 3. The predicted octanol–water partition coefficient (Wildman–Crippen LogP) is 5.97. The Morgan fingerprint density at radius 3 is 2.06 bits per heavy atom. The monoisotopic (exact) mass is 532 g/mol. The Morgan fingerprint density at radius 2 is 1.46 bits per heavy atom. The van der Waals surface area contributed by atoms with Gasteiger partial charge in [-0.3, -0.25) is 9.59 Å². The molecular formula is C25H19Cl3N2O5. The van der Waals surface area contributed by atoms with Gasteiger partial charge in [0, 0.05) is 5.92 Å². The molecular weight excluding hydrogens is 515 g/mol. The van der Waals surface area contributed by atoms with Crippen LogP contribution in [-0.4, -0.2) is 35.7 Å². The second kappa shape index (κ2) is 10.6. The highest BCUT2D eigenvalue weighted by molar-refractivity contribution is 6.44. The van der Waals surface area contributed by atoms with Crippen molar-refractivity contribution in [3.05, 3.63) is 86.9 Å². The van der Waals surface area contributed by atoms with Gasteiger partial charge in [-0.25, -0.2) is 4.79 Å². The average molecular weight is 534 g/mol. The molecule has 1 unspecified atom stereocenters. The first-order valence-electron chi connectivity index (χ1n) is 10.5. The summed E-state index contributed by atoms with van der Waals surface area (Å²) in [6.07, 6.45) is -1.59. The fraction of sp³-hybridized carbons (Fsp3) is 0.160. The molecule has 1 aliphatic carbocycles. The molecule has 3 aromatic carbocycles. The summed E-state index contributed by atoms with van der Waals surface area (Å²) in [6.45, 7) is 0.0138. The quantitative estimate of drug-likeness (QED) is 0.325. The molecule has 0 saturated heterocycles. The summed E-state index contributed by atoms with van der Waals surface area (Å²) in [4.78, 5) is 36.6. The number of aliphatic carboxylic acids is 1. The van der Waals surface area contributed by atoms with Gasteiger partial charge in [-0.15, -0.1) is 0 Å². The van der Waals surface area contributed by atoms with Crippen molar-refractivity contribution < 1.29 is 24.2 Å². The second-order valence-electron chi connectivity index (χ2n) is 7.86. The number of rotatable bonds is 7. The summed E-state index contributed by atoms with van der Waals surface area (Å²) >= 11 is 17.9. The molecule has 1 aliphatic rings. The number of hydrogen-bond acceptors (Lipinski definition) is 4. The lowest BCUT2D eigenvalue weighted by Gasteiger charge is -2.19. The van der Waals surface area contributed by atoms with Crippen LogP contribution < -0.4 is 10.6 Å². The van der Waals surface area contributed by atoms with Crippen molar-refractivity contribution in [3.63, 3.8) is 0 Å². The number of anilines is 1. The Balaban J connectivity index is 1.45. The summed E-state index contributed by atoms with van der Waals surface area (Å²) in [5.41, 5.74) is 4.31. The minimum Gasteiger partial charge on any atom is -0.481 e. The first kappa shape index (κ1) is 24.9. The number of carbonyl (C=O) groups excluding carboxylic acids is 2. The van der Waals surface area contributed by atoms with Crippen LogP contribution in [0.4, 0.5) is 10.5 Å². The van der Waals surface area contributed by atoms with Crippen LogP contribution in [0.5, 0.6) is 0 Å². The number of carboxylic acid groups (broad SMARTS) is 1. The minimum atomic E-state index is -1.42. The van der Waals surface area contributed by atoms with Gasteiger partial charge in [-0.2, -0.15) is 0 Å². The smallest absolute Gasteiger partial charge is 0.407 e. The van der Waals surface area contributed by atoms with Gasteiger partial charge in [0.05, 0.1) is 27.2 Å². The van der Waals surface area contributed by atoms with Crippen LogP contribution in [0.3, 0.4) is 0 Å². The van der Waals surface area contributed by atoms with Crippen molar-refractivity contribution >= 4 is 58.5 Å².